The van der Waals surface area contributed by atoms with E-state index in [2.05, 4.69) is 35.8 Å². The fraction of sp³-hybridized carbons (Fsp3) is 0.630. The summed E-state index contributed by atoms with van der Waals surface area (Å²) in [5, 5.41) is 16.6. The molecular weight excluding hydrogens is 538 g/mol. The van der Waals surface area contributed by atoms with Crippen LogP contribution in [0.5, 0.6) is 0 Å². The smallest absolute Gasteiger partial charge is 0.318 e. The van der Waals surface area contributed by atoms with Gasteiger partial charge in [0.1, 0.15) is 5.69 Å². The third-order valence-corrected chi connectivity index (χ3v) is 7.19. The van der Waals surface area contributed by atoms with Crippen LogP contribution in [0.4, 0.5) is 13.6 Å². The molecule has 14 heteroatoms. The largest absolute Gasteiger partial charge is 0.388 e. The Balaban J connectivity index is 0.000000284. The molecule has 222 valence electrons. The Morgan fingerprint density at radius 2 is 1.88 bits per heavy atom. The number of ether oxygens (including phenoxy) is 1. The maximum atomic E-state index is 13.6. The van der Waals surface area contributed by atoms with Crippen molar-refractivity contribution >= 4 is 17.6 Å². The number of imidazole rings is 1. The highest BCUT2D eigenvalue weighted by Crippen LogP contribution is 2.44. The number of hydrogen-bond donors (Lipinski definition) is 2. The number of carbonyl (C=O) groups excluding carboxylic acids is 2. The van der Waals surface area contributed by atoms with Crippen LogP contribution in [0.3, 0.4) is 0 Å². The van der Waals surface area contributed by atoms with E-state index in [1.54, 1.807) is 58.6 Å². The van der Waals surface area contributed by atoms with Crippen LogP contribution >= 0.6 is 0 Å². The van der Waals surface area contributed by atoms with E-state index >= 15 is 0 Å². The van der Waals surface area contributed by atoms with Crippen LogP contribution in [0, 0.1) is 11.8 Å². The molecule has 3 aromatic heterocycles. The highest BCUT2D eigenvalue weighted by molar-refractivity contribution is 5.93. The fourth-order valence-electron chi connectivity index (χ4n) is 4.62. The summed E-state index contributed by atoms with van der Waals surface area (Å²) in [6.45, 7) is -1.21. The van der Waals surface area contributed by atoms with E-state index in [1.165, 1.54) is 22.5 Å². The van der Waals surface area contributed by atoms with Crippen LogP contribution < -0.4 is 10.6 Å². The first-order valence-corrected chi connectivity index (χ1v) is 14.0. The van der Waals surface area contributed by atoms with Crippen molar-refractivity contribution < 1.29 is 27.7 Å². The Hall–Kier alpha value is -3.68. The van der Waals surface area contributed by atoms with Gasteiger partial charge in [-0.1, -0.05) is 30.8 Å². The number of alkyl halides is 2. The molecule has 3 aromatic rings. The Kier molecular flexibility index (Phi) is 8.76. The second-order valence-corrected chi connectivity index (χ2v) is 11.3. The van der Waals surface area contributed by atoms with Crippen molar-refractivity contribution in [2.75, 3.05) is 27.3 Å². The first-order valence-electron chi connectivity index (χ1n) is 14.0. The van der Waals surface area contributed by atoms with Crippen LogP contribution in [0.2, 0.25) is 0 Å². The van der Waals surface area contributed by atoms with Crippen LogP contribution in [0.25, 0.3) is 5.65 Å². The van der Waals surface area contributed by atoms with E-state index in [0.29, 0.717) is 22.6 Å². The molecule has 4 aliphatic rings. The van der Waals surface area contributed by atoms with Gasteiger partial charge in [0.15, 0.2) is 11.3 Å². The van der Waals surface area contributed by atoms with Crippen molar-refractivity contribution in [1.82, 2.24) is 40.4 Å². The minimum atomic E-state index is -2.98. The standard InChI is InChI=1S/C18H18F2N8O3.C7H12.C2H6O/c19-18(20)8-22-17(30)27(9-18)6-10-3-13-24-12(7-28(13)23-4-10)5-21-16(29)15-14(11-1-2-11)25-31-26-15;1-2-6(1)5-7-3-4-7;1-3-2/h3-4,7,11H,1-2,5-6,8-9H2,(H,21,29)(H,22,30);6-7H,1-5H2;1-2H3. The molecule has 0 aromatic carbocycles. The molecule has 0 atom stereocenters. The minimum Gasteiger partial charge on any atom is -0.388 e. The van der Waals surface area contributed by atoms with Crippen molar-refractivity contribution in [2.45, 2.75) is 69.9 Å². The molecule has 12 nitrogen and oxygen atoms in total. The molecule has 1 aliphatic heterocycles. The van der Waals surface area contributed by atoms with Gasteiger partial charge in [-0.2, -0.15) is 5.10 Å². The van der Waals surface area contributed by atoms with Gasteiger partial charge in [-0.25, -0.2) is 27.7 Å². The molecule has 3 aliphatic carbocycles. The topological polar surface area (TPSA) is 140 Å². The molecule has 4 fully saturated rings. The predicted octanol–water partition coefficient (Wildman–Crippen LogP) is 3.54. The molecule has 1 saturated heterocycles. The lowest BCUT2D eigenvalue weighted by Gasteiger charge is -2.32. The number of carbonyl (C=O) groups is 2. The molecule has 41 heavy (non-hydrogen) atoms. The summed E-state index contributed by atoms with van der Waals surface area (Å²) in [7, 11) is 3.25. The summed E-state index contributed by atoms with van der Waals surface area (Å²) >= 11 is 0. The maximum Gasteiger partial charge on any atom is 0.318 e. The van der Waals surface area contributed by atoms with Gasteiger partial charge in [-0.3, -0.25) is 4.79 Å². The van der Waals surface area contributed by atoms with E-state index < -0.39 is 31.0 Å². The van der Waals surface area contributed by atoms with Gasteiger partial charge in [0, 0.05) is 26.7 Å². The summed E-state index contributed by atoms with van der Waals surface area (Å²) in [5.41, 5.74) is 2.33. The van der Waals surface area contributed by atoms with Crippen molar-refractivity contribution in [3.63, 3.8) is 0 Å². The second-order valence-electron chi connectivity index (χ2n) is 11.3. The van der Waals surface area contributed by atoms with Crippen molar-refractivity contribution in [2.24, 2.45) is 11.8 Å². The lowest BCUT2D eigenvalue weighted by atomic mass is 10.2. The lowest BCUT2D eigenvalue weighted by molar-refractivity contribution is -0.0367. The number of amides is 3. The molecule has 0 unspecified atom stereocenters. The first kappa shape index (κ1) is 28.8. The summed E-state index contributed by atoms with van der Waals surface area (Å²) in [5.74, 6) is -0.777. The number of methoxy groups -OCH3 is 1. The van der Waals surface area contributed by atoms with Gasteiger partial charge in [-0.05, 0) is 47.9 Å². The summed E-state index contributed by atoms with van der Waals surface area (Å²) in [4.78, 5) is 29.7. The van der Waals surface area contributed by atoms with Crippen LogP contribution in [0.15, 0.2) is 23.1 Å². The van der Waals surface area contributed by atoms with Crippen molar-refractivity contribution in [3.8, 4) is 0 Å². The Morgan fingerprint density at radius 1 is 1.17 bits per heavy atom. The van der Waals surface area contributed by atoms with E-state index in [0.717, 1.165) is 17.7 Å². The SMILES string of the molecule is C1CC1CC1CC1.COC.O=C(NCc1cn2ncc(CN3CC(F)(F)CNC3=O)cc2n1)c1nonc1C1CC1. The van der Waals surface area contributed by atoms with Crippen LogP contribution in [0.1, 0.15) is 78.3 Å². The highest BCUT2D eigenvalue weighted by atomic mass is 19.3. The number of nitrogens with zero attached hydrogens (tertiary/aromatic N) is 6. The van der Waals surface area contributed by atoms with Crippen molar-refractivity contribution in [1.29, 1.82) is 0 Å². The van der Waals surface area contributed by atoms with E-state index in [4.69, 9.17) is 4.63 Å². The van der Waals surface area contributed by atoms with Gasteiger partial charge in [0.25, 0.3) is 11.8 Å². The number of fused-ring (bicyclic) bond motifs is 1. The third kappa shape index (κ3) is 8.18. The number of nitrogens with one attached hydrogen (secondary N) is 2. The highest BCUT2D eigenvalue weighted by Gasteiger charge is 2.39. The third-order valence-electron chi connectivity index (χ3n) is 7.19. The molecule has 7 rings (SSSR count). The van der Waals surface area contributed by atoms with Gasteiger partial charge in [0.2, 0.25) is 0 Å². The maximum absolute atomic E-state index is 13.6. The summed E-state index contributed by atoms with van der Waals surface area (Å²) in [6, 6.07) is 1.11. The lowest BCUT2D eigenvalue weighted by Crippen LogP contribution is -2.56. The predicted molar refractivity (Wildman–Crippen MR) is 142 cm³/mol. The van der Waals surface area contributed by atoms with Crippen molar-refractivity contribution in [3.05, 3.63) is 41.1 Å². The van der Waals surface area contributed by atoms with Gasteiger partial charge < -0.3 is 20.3 Å². The number of urea groups is 1. The van der Waals surface area contributed by atoms with E-state index in [1.807, 2.05) is 0 Å². The Labute approximate surface area is 236 Å². The number of hydrogen-bond acceptors (Lipinski definition) is 8. The van der Waals surface area contributed by atoms with Gasteiger partial charge in [-0.15, -0.1) is 0 Å². The summed E-state index contributed by atoms with van der Waals surface area (Å²) in [6.07, 6.45) is 12.8. The Morgan fingerprint density at radius 3 is 2.54 bits per heavy atom. The monoisotopic (exact) mass is 574 g/mol. The zero-order valence-electron chi connectivity index (χ0n) is 23.3. The number of rotatable bonds is 8. The normalized spacial score (nSPS) is 19.5. The zero-order chi connectivity index (χ0) is 29.0. The minimum absolute atomic E-state index is 0.0209. The summed E-state index contributed by atoms with van der Waals surface area (Å²) < 4.78 is 37.6. The molecule has 0 bridgehead atoms. The van der Waals surface area contributed by atoms with Crippen LogP contribution in [-0.4, -0.2) is 75.0 Å². The average molecular weight is 575 g/mol. The Bertz CT molecular complexity index is 1340. The van der Waals surface area contributed by atoms with Crippen LogP contribution in [-0.2, 0) is 17.8 Å². The molecular formula is C27H36F2N8O4. The number of aromatic nitrogens is 5. The van der Waals surface area contributed by atoms with E-state index in [9.17, 15) is 18.4 Å². The van der Waals surface area contributed by atoms with E-state index in [-0.39, 0.29) is 24.7 Å². The molecule has 0 radical (unpaired) electrons. The molecule has 3 saturated carbocycles. The quantitative estimate of drug-likeness (QED) is 0.417. The average Bonchev–Trinajstić information content (AvgIpc) is 3.89. The van der Waals surface area contributed by atoms with Gasteiger partial charge in [0.05, 0.1) is 37.7 Å². The van der Waals surface area contributed by atoms with Gasteiger partial charge >= 0.3 is 6.03 Å². The molecule has 3 amide bonds. The zero-order valence-corrected chi connectivity index (χ0v) is 23.3. The first-order chi connectivity index (χ1) is 19.7. The molecule has 0 spiro atoms. The molecule has 4 heterocycles. The fourth-order valence-corrected chi connectivity index (χ4v) is 4.62. The second kappa shape index (κ2) is 12.5. The number of halogens is 2. The molecule has 2 N–H and O–H groups in total.